The topological polar surface area (TPSA) is 3.24 Å². The number of benzene rings is 2. The Hall–Kier alpha value is -2.33. The predicted octanol–water partition coefficient (Wildman–Crippen LogP) is 11.7. The van der Waals surface area contributed by atoms with Gasteiger partial charge in [0.1, 0.15) is 0 Å². The lowest BCUT2D eigenvalue weighted by Crippen LogP contribution is -2.20. The molecule has 1 fully saturated rings. The van der Waals surface area contributed by atoms with E-state index in [4.69, 9.17) is 0 Å². The zero-order valence-electron chi connectivity index (χ0n) is 27.7. The fourth-order valence-corrected chi connectivity index (χ4v) is 4.50. The lowest BCUT2D eigenvalue weighted by Gasteiger charge is -2.14. The largest absolute Gasteiger partial charge is 0.411 e. The second-order valence-electron chi connectivity index (χ2n) is 11.2. The Morgan fingerprint density at radius 3 is 1.48 bits per heavy atom. The highest BCUT2D eigenvalue weighted by molar-refractivity contribution is 5.23. The van der Waals surface area contributed by atoms with E-state index in [1.54, 1.807) is 0 Å². The molecule has 42 heavy (non-hydrogen) atoms. The van der Waals surface area contributed by atoms with Crippen molar-refractivity contribution in [1.82, 2.24) is 4.90 Å². The van der Waals surface area contributed by atoms with Crippen LogP contribution in [-0.4, -0.2) is 30.7 Å². The number of hydrogen-bond donors (Lipinski definition) is 0. The first-order valence-electron chi connectivity index (χ1n) is 16.3. The molecule has 2 aromatic carbocycles. The van der Waals surface area contributed by atoms with Gasteiger partial charge in [-0.25, -0.2) is 0 Å². The predicted molar refractivity (Wildman–Crippen MR) is 179 cm³/mol. The number of hydrogen-bond acceptors (Lipinski definition) is 1. The average Bonchev–Trinajstić information content (AvgIpc) is 3.49. The molecule has 238 valence electrons. The number of alkyl halides is 3. The van der Waals surface area contributed by atoms with Gasteiger partial charge in [0.05, 0.1) is 0 Å². The summed E-state index contributed by atoms with van der Waals surface area (Å²) < 4.78 is 33.2. The third-order valence-corrected chi connectivity index (χ3v) is 7.21. The molecule has 0 aliphatic carbocycles. The molecule has 0 N–H and O–H groups in total. The highest BCUT2D eigenvalue weighted by atomic mass is 19.4. The SMILES string of the molecule is C=C(C)C(F)(F)F.C=C(C)CCCc1ccc(CC)cc1.CC.CCCCCc1ccc(CCCN2CCCC2)cc1. The van der Waals surface area contributed by atoms with Gasteiger partial charge in [0.2, 0.25) is 0 Å². The van der Waals surface area contributed by atoms with E-state index in [2.05, 4.69) is 87.4 Å². The summed E-state index contributed by atoms with van der Waals surface area (Å²) in [6.45, 7) is 22.1. The maximum absolute atomic E-state index is 11.1. The van der Waals surface area contributed by atoms with Gasteiger partial charge in [-0.05, 0) is 120 Å². The summed E-state index contributed by atoms with van der Waals surface area (Å²) in [6.07, 6.45) is 11.1. The number of likely N-dealkylation sites (tertiary alicyclic amines) is 1. The molecule has 0 aromatic heterocycles. The van der Waals surface area contributed by atoms with Crippen molar-refractivity contribution in [2.75, 3.05) is 19.6 Å². The van der Waals surface area contributed by atoms with Crippen molar-refractivity contribution in [1.29, 1.82) is 0 Å². The van der Waals surface area contributed by atoms with E-state index in [0.29, 0.717) is 0 Å². The molecule has 0 spiro atoms. The lowest BCUT2D eigenvalue weighted by atomic mass is 10.0. The van der Waals surface area contributed by atoms with Crippen LogP contribution in [0.3, 0.4) is 0 Å². The van der Waals surface area contributed by atoms with E-state index in [1.807, 2.05) is 13.8 Å². The van der Waals surface area contributed by atoms with Gasteiger partial charge in [0.25, 0.3) is 0 Å². The number of halogens is 3. The van der Waals surface area contributed by atoms with Crippen molar-refractivity contribution >= 4 is 0 Å². The van der Waals surface area contributed by atoms with Gasteiger partial charge in [-0.15, -0.1) is 6.58 Å². The number of unbranched alkanes of at least 4 members (excludes halogenated alkanes) is 2. The van der Waals surface area contributed by atoms with E-state index < -0.39 is 11.7 Å². The molecule has 1 saturated heterocycles. The first-order valence-corrected chi connectivity index (χ1v) is 16.3. The molecule has 0 atom stereocenters. The van der Waals surface area contributed by atoms with Gasteiger partial charge in [0, 0.05) is 5.57 Å². The van der Waals surface area contributed by atoms with Crippen LogP contribution in [0.4, 0.5) is 13.2 Å². The minimum atomic E-state index is -4.19. The number of rotatable bonds is 13. The molecule has 1 heterocycles. The standard InChI is InChI=1S/C18H29N.C14H20.C4H5F3.C2H6/c1-2-3-4-8-17-10-12-18(13-11-17)9-7-16-19-14-5-6-15-19;1-4-13-8-10-14(11-9-13)7-5-6-12(2)3;1-3(2)4(5,6)7;1-2/h10-13H,2-9,14-16H2,1H3;8-11H,2,4-7H2,1,3H3;1H2,2H3;1-2H3. The molecule has 1 aliphatic rings. The molecule has 2 aromatic rings. The Morgan fingerprint density at radius 1 is 0.690 bits per heavy atom. The highest BCUT2D eigenvalue weighted by Crippen LogP contribution is 2.22. The van der Waals surface area contributed by atoms with Gasteiger partial charge in [-0.1, -0.05) is 101 Å². The van der Waals surface area contributed by atoms with Crippen molar-refractivity contribution in [2.24, 2.45) is 0 Å². The Labute approximate surface area is 257 Å². The third kappa shape index (κ3) is 20.5. The van der Waals surface area contributed by atoms with Crippen molar-refractivity contribution in [3.63, 3.8) is 0 Å². The van der Waals surface area contributed by atoms with Crippen LogP contribution < -0.4 is 0 Å². The Bertz CT molecular complexity index is 936. The average molecular weight is 588 g/mol. The third-order valence-electron chi connectivity index (χ3n) is 7.21. The normalized spacial score (nSPS) is 12.7. The minimum Gasteiger partial charge on any atom is -0.303 e. The van der Waals surface area contributed by atoms with Gasteiger partial charge in [0.15, 0.2) is 0 Å². The van der Waals surface area contributed by atoms with E-state index in [1.165, 1.54) is 112 Å². The summed E-state index contributed by atoms with van der Waals surface area (Å²) in [5.41, 5.74) is 6.43. The molecule has 1 nitrogen and oxygen atoms in total. The van der Waals surface area contributed by atoms with E-state index >= 15 is 0 Å². The van der Waals surface area contributed by atoms with Crippen molar-refractivity contribution in [3.05, 3.63) is 95.1 Å². The summed E-state index contributed by atoms with van der Waals surface area (Å²) in [5, 5.41) is 0. The van der Waals surface area contributed by atoms with E-state index in [-0.39, 0.29) is 0 Å². The van der Waals surface area contributed by atoms with Crippen LogP contribution in [0.5, 0.6) is 0 Å². The zero-order chi connectivity index (χ0) is 31.8. The second-order valence-corrected chi connectivity index (χ2v) is 11.2. The number of aryl methyl sites for hydroxylation is 4. The molecular formula is C38H60F3N. The van der Waals surface area contributed by atoms with Crippen LogP contribution >= 0.6 is 0 Å². The first kappa shape index (κ1) is 39.7. The van der Waals surface area contributed by atoms with Gasteiger partial charge in [-0.2, -0.15) is 13.2 Å². The number of nitrogens with zero attached hydrogens (tertiary/aromatic N) is 1. The van der Waals surface area contributed by atoms with Gasteiger partial charge < -0.3 is 4.90 Å². The fraction of sp³-hybridized carbons (Fsp3) is 0.579. The highest BCUT2D eigenvalue weighted by Gasteiger charge is 2.27. The first-order chi connectivity index (χ1) is 20.0. The molecule has 0 radical (unpaired) electrons. The molecule has 0 saturated carbocycles. The van der Waals surface area contributed by atoms with Crippen LogP contribution in [0.2, 0.25) is 0 Å². The van der Waals surface area contributed by atoms with E-state index in [9.17, 15) is 13.2 Å². The Kier molecular flexibility index (Phi) is 22.8. The second kappa shape index (κ2) is 24.1. The van der Waals surface area contributed by atoms with Crippen LogP contribution in [-0.2, 0) is 25.7 Å². The summed E-state index contributed by atoms with van der Waals surface area (Å²) in [7, 11) is 0. The number of allylic oxidation sites excluding steroid dienone is 2. The van der Waals surface area contributed by atoms with Gasteiger partial charge in [-0.3, -0.25) is 0 Å². The van der Waals surface area contributed by atoms with Crippen LogP contribution in [0.25, 0.3) is 0 Å². The minimum absolute atomic E-state index is 0.757. The molecule has 0 amide bonds. The maximum atomic E-state index is 11.1. The molecule has 4 heteroatoms. The zero-order valence-corrected chi connectivity index (χ0v) is 27.7. The fourth-order valence-electron chi connectivity index (χ4n) is 4.50. The maximum Gasteiger partial charge on any atom is 0.411 e. The molecule has 1 aliphatic heterocycles. The lowest BCUT2D eigenvalue weighted by molar-refractivity contribution is -0.0909. The Morgan fingerprint density at radius 2 is 1.10 bits per heavy atom. The van der Waals surface area contributed by atoms with Crippen LogP contribution in [0.1, 0.15) is 115 Å². The smallest absolute Gasteiger partial charge is 0.303 e. The monoisotopic (exact) mass is 587 g/mol. The van der Waals surface area contributed by atoms with Crippen molar-refractivity contribution < 1.29 is 13.2 Å². The van der Waals surface area contributed by atoms with Crippen molar-refractivity contribution in [3.8, 4) is 0 Å². The molecular weight excluding hydrogens is 527 g/mol. The van der Waals surface area contributed by atoms with Crippen molar-refractivity contribution in [2.45, 2.75) is 125 Å². The summed E-state index contributed by atoms with van der Waals surface area (Å²) >= 11 is 0. The van der Waals surface area contributed by atoms with Gasteiger partial charge >= 0.3 is 6.18 Å². The molecule has 0 bridgehead atoms. The summed E-state index contributed by atoms with van der Waals surface area (Å²) in [5.74, 6) is 0. The van der Waals surface area contributed by atoms with Crippen LogP contribution in [0.15, 0.2) is 72.8 Å². The quantitative estimate of drug-likeness (QED) is 0.166. The molecule has 3 rings (SSSR count). The molecule has 0 unspecified atom stereocenters. The summed E-state index contributed by atoms with van der Waals surface area (Å²) in [6, 6.07) is 18.3. The summed E-state index contributed by atoms with van der Waals surface area (Å²) in [4.78, 5) is 2.61. The van der Waals surface area contributed by atoms with Crippen LogP contribution in [0, 0.1) is 0 Å². The Balaban J connectivity index is 0.000000642. The van der Waals surface area contributed by atoms with E-state index in [0.717, 1.165) is 19.8 Å².